The lowest BCUT2D eigenvalue weighted by Gasteiger charge is -2.27. The van der Waals surface area contributed by atoms with Gasteiger partial charge < -0.3 is 25.7 Å². The quantitative estimate of drug-likeness (QED) is 0.0879. The fraction of sp³-hybridized carbons (Fsp3) is 0.500. The molecule has 0 saturated heterocycles. The lowest BCUT2D eigenvalue weighted by atomic mass is 9.87. The van der Waals surface area contributed by atoms with Crippen molar-refractivity contribution in [1.29, 1.82) is 0 Å². The minimum atomic E-state index is -0.436. The number of benzene rings is 2. The van der Waals surface area contributed by atoms with Crippen molar-refractivity contribution in [2.45, 2.75) is 83.7 Å². The summed E-state index contributed by atoms with van der Waals surface area (Å²) in [5, 5.41) is 0. The molecular formula is C32H44N2O5. The summed E-state index contributed by atoms with van der Waals surface area (Å²) in [5.74, 6) is -0.202. The highest BCUT2D eigenvalue weighted by atomic mass is 16.5. The van der Waals surface area contributed by atoms with Gasteiger partial charge in [0.15, 0.2) is 0 Å². The maximum Gasteiger partial charge on any atom is 0.330 e. The number of carbonyl (C=O) groups excluding carboxylic acids is 2. The van der Waals surface area contributed by atoms with Gasteiger partial charge in [0.2, 0.25) is 0 Å². The van der Waals surface area contributed by atoms with Crippen LogP contribution in [0.4, 0.5) is 11.4 Å². The van der Waals surface area contributed by atoms with Crippen molar-refractivity contribution >= 4 is 29.4 Å². The van der Waals surface area contributed by atoms with E-state index < -0.39 is 5.97 Å². The third kappa shape index (κ3) is 11.5. The molecule has 0 bridgehead atoms. The molecule has 1 aliphatic rings. The molecule has 2 aromatic rings. The van der Waals surface area contributed by atoms with Gasteiger partial charge in [-0.15, -0.1) is 0 Å². The third-order valence-corrected chi connectivity index (χ3v) is 7.04. The van der Waals surface area contributed by atoms with E-state index in [1.54, 1.807) is 36.4 Å². The van der Waals surface area contributed by atoms with Crippen LogP contribution >= 0.6 is 0 Å². The van der Waals surface area contributed by atoms with Gasteiger partial charge in [0.05, 0.1) is 18.6 Å². The first-order valence-electron chi connectivity index (χ1n) is 14.4. The van der Waals surface area contributed by atoms with Crippen LogP contribution in [-0.4, -0.2) is 31.3 Å². The van der Waals surface area contributed by atoms with Crippen LogP contribution in [0.5, 0.6) is 5.75 Å². The average molecular weight is 537 g/mol. The van der Waals surface area contributed by atoms with E-state index in [1.807, 2.05) is 12.1 Å². The van der Waals surface area contributed by atoms with Crippen LogP contribution in [0.2, 0.25) is 0 Å². The molecule has 7 heteroatoms. The monoisotopic (exact) mass is 536 g/mol. The minimum Gasteiger partial charge on any atom is -0.462 e. The standard InChI is InChI=1S/C32H44N2O5/c1-2-3-4-5-6-7-19-37-29-15-11-26(12-16-29)32(36)39-30-13-8-24(9-14-30)10-17-31(35)38-20-18-25-21-27(33)23-28(34)22-25/h8-10,13-14,17,21-23,26,29H,2-7,11-12,15-16,18-20,33-34H2,1H3. The summed E-state index contributed by atoms with van der Waals surface area (Å²) >= 11 is 0. The molecule has 1 saturated carbocycles. The lowest BCUT2D eigenvalue weighted by Crippen LogP contribution is -2.29. The smallest absolute Gasteiger partial charge is 0.330 e. The molecule has 7 nitrogen and oxygen atoms in total. The summed E-state index contributed by atoms with van der Waals surface area (Å²) in [6, 6.07) is 12.4. The molecular weight excluding hydrogens is 492 g/mol. The molecule has 0 heterocycles. The Morgan fingerprint density at radius 2 is 1.54 bits per heavy atom. The number of nitrogens with two attached hydrogens (primary N) is 2. The van der Waals surface area contributed by atoms with Gasteiger partial charge in [0.1, 0.15) is 5.75 Å². The zero-order chi connectivity index (χ0) is 27.9. The highest BCUT2D eigenvalue weighted by Crippen LogP contribution is 2.28. The Labute approximate surface area is 232 Å². The van der Waals surface area contributed by atoms with Gasteiger partial charge in [0.25, 0.3) is 0 Å². The SMILES string of the molecule is CCCCCCCCOC1CCC(C(=O)Oc2ccc(C=CC(=O)OCCc3cc(N)cc(N)c3)cc2)CC1. The van der Waals surface area contributed by atoms with Crippen molar-refractivity contribution in [2.75, 3.05) is 24.7 Å². The van der Waals surface area contributed by atoms with Crippen molar-refractivity contribution in [2.24, 2.45) is 5.92 Å². The van der Waals surface area contributed by atoms with Crippen LogP contribution in [0, 0.1) is 5.92 Å². The van der Waals surface area contributed by atoms with Gasteiger partial charge >= 0.3 is 11.9 Å². The van der Waals surface area contributed by atoms with Gasteiger partial charge in [-0.25, -0.2) is 4.79 Å². The number of hydrogen-bond donors (Lipinski definition) is 2. The lowest BCUT2D eigenvalue weighted by molar-refractivity contribution is -0.141. The van der Waals surface area contributed by atoms with Crippen LogP contribution in [-0.2, 0) is 25.5 Å². The summed E-state index contributed by atoms with van der Waals surface area (Å²) in [5.41, 5.74) is 14.5. The topological polar surface area (TPSA) is 114 Å². The second-order valence-corrected chi connectivity index (χ2v) is 10.4. The molecule has 0 atom stereocenters. The van der Waals surface area contributed by atoms with Crippen LogP contribution in [0.25, 0.3) is 6.08 Å². The number of hydrogen-bond acceptors (Lipinski definition) is 7. The Morgan fingerprint density at radius 1 is 0.872 bits per heavy atom. The van der Waals surface area contributed by atoms with Gasteiger partial charge in [-0.1, -0.05) is 51.2 Å². The third-order valence-electron chi connectivity index (χ3n) is 7.04. The van der Waals surface area contributed by atoms with E-state index >= 15 is 0 Å². The zero-order valence-electron chi connectivity index (χ0n) is 23.2. The maximum absolute atomic E-state index is 12.6. The highest BCUT2D eigenvalue weighted by Gasteiger charge is 2.28. The minimum absolute atomic E-state index is 0.0861. The van der Waals surface area contributed by atoms with E-state index in [0.29, 0.717) is 23.5 Å². The molecule has 0 unspecified atom stereocenters. The molecule has 1 aliphatic carbocycles. The molecule has 1 fully saturated rings. The highest BCUT2D eigenvalue weighted by molar-refractivity contribution is 5.87. The Hall–Kier alpha value is -3.32. The van der Waals surface area contributed by atoms with Crippen LogP contribution in [0.1, 0.15) is 82.3 Å². The molecule has 0 radical (unpaired) electrons. The number of nitrogen functional groups attached to an aromatic ring is 2. The largest absolute Gasteiger partial charge is 0.462 e. The Balaban J connectivity index is 1.31. The number of esters is 2. The summed E-state index contributed by atoms with van der Waals surface area (Å²) < 4.78 is 16.9. The Bertz CT molecular complexity index is 1040. The van der Waals surface area contributed by atoms with E-state index in [2.05, 4.69) is 6.92 Å². The van der Waals surface area contributed by atoms with E-state index in [-0.39, 0.29) is 24.6 Å². The summed E-state index contributed by atoms with van der Waals surface area (Å²) in [6.45, 7) is 3.29. The van der Waals surface area contributed by atoms with E-state index in [0.717, 1.165) is 49.8 Å². The maximum atomic E-state index is 12.6. The second kappa shape index (κ2) is 16.6. The first-order valence-corrected chi connectivity index (χ1v) is 14.4. The summed E-state index contributed by atoms with van der Waals surface area (Å²) in [6.07, 6.45) is 14.8. The van der Waals surface area contributed by atoms with E-state index in [9.17, 15) is 9.59 Å². The van der Waals surface area contributed by atoms with Crippen molar-refractivity contribution in [3.8, 4) is 5.75 Å². The number of anilines is 2. The number of rotatable bonds is 15. The zero-order valence-corrected chi connectivity index (χ0v) is 23.2. The molecule has 0 spiro atoms. The number of unbranched alkanes of at least 4 members (excludes halogenated alkanes) is 5. The number of carbonyl (C=O) groups is 2. The fourth-order valence-electron chi connectivity index (χ4n) is 4.82. The van der Waals surface area contributed by atoms with Gasteiger partial charge in [0, 0.05) is 30.5 Å². The van der Waals surface area contributed by atoms with Gasteiger partial charge in [-0.2, -0.15) is 0 Å². The number of ether oxygens (including phenoxy) is 3. The van der Waals surface area contributed by atoms with Crippen molar-refractivity contribution < 1.29 is 23.8 Å². The first kappa shape index (κ1) is 30.2. The van der Waals surface area contributed by atoms with Crippen molar-refractivity contribution in [3.63, 3.8) is 0 Å². The molecule has 4 N–H and O–H groups in total. The molecule has 0 amide bonds. The first-order chi connectivity index (χ1) is 18.9. The van der Waals surface area contributed by atoms with Crippen molar-refractivity contribution in [1.82, 2.24) is 0 Å². The Kier molecular flexibility index (Phi) is 12.9. The predicted molar refractivity (Wildman–Crippen MR) is 156 cm³/mol. The van der Waals surface area contributed by atoms with E-state index in [1.165, 1.54) is 38.2 Å². The summed E-state index contributed by atoms with van der Waals surface area (Å²) in [4.78, 5) is 24.7. The normalized spacial score (nSPS) is 17.3. The predicted octanol–water partition coefficient (Wildman–Crippen LogP) is 6.49. The van der Waals surface area contributed by atoms with E-state index in [4.69, 9.17) is 25.7 Å². The second-order valence-electron chi connectivity index (χ2n) is 10.4. The molecule has 3 rings (SSSR count). The molecule has 0 aliphatic heterocycles. The molecule has 39 heavy (non-hydrogen) atoms. The molecule has 212 valence electrons. The van der Waals surface area contributed by atoms with Crippen molar-refractivity contribution in [3.05, 3.63) is 59.7 Å². The average Bonchev–Trinajstić information content (AvgIpc) is 2.92. The summed E-state index contributed by atoms with van der Waals surface area (Å²) in [7, 11) is 0. The fourth-order valence-corrected chi connectivity index (χ4v) is 4.82. The molecule has 2 aromatic carbocycles. The van der Waals surface area contributed by atoms with Gasteiger partial charge in [-0.3, -0.25) is 4.79 Å². The Morgan fingerprint density at radius 3 is 2.23 bits per heavy atom. The van der Waals surface area contributed by atoms with Crippen LogP contribution < -0.4 is 16.2 Å². The van der Waals surface area contributed by atoms with Crippen LogP contribution in [0.3, 0.4) is 0 Å². The van der Waals surface area contributed by atoms with Gasteiger partial charge in [-0.05, 0) is 79.6 Å². The molecule has 0 aromatic heterocycles. The van der Waals surface area contributed by atoms with Crippen LogP contribution in [0.15, 0.2) is 48.5 Å².